The molecule has 0 aliphatic heterocycles. The number of aromatic nitrogens is 8. The fourth-order valence-corrected chi connectivity index (χ4v) is 3.52. The Balaban J connectivity index is 1.49. The van der Waals surface area contributed by atoms with Gasteiger partial charge in [-0.1, -0.05) is 54.6 Å². The van der Waals surface area contributed by atoms with Gasteiger partial charge in [-0.25, -0.2) is 24.9 Å². The highest BCUT2D eigenvalue weighted by molar-refractivity contribution is 5.85. The molecule has 1 N–H and O–H groups in total. The number of fused-ring (bicyclic) bond motifs is 1. The molecule has 0 unspecified atom stereocenters. The molecule has 33 heavy (non-hydrogen) atoms. The Hall–Kier alpha value is -4.85. The maximum absolute atomic E-state index is 4.90. The summed E-state index contributed by atoms with van der Waals surface area (Å²) >= 11 is 0. The smallest absolute Gasteiger partial charge is 0.199 e. The molecule has 4 heterocycles. The van der Waals surface area contributed by atoms with E-state index in [1.165, 1.54) is 0 Å². The summed E-state index contributed by atoms with van der Waals surface area (Å²) in [6, 6.07) is 26.2. The molecule has 0 amide bonds. The van der Waals surface area contributed by atoms with Gasteiger partial charge in [0.1, 0.15) is 11.2 Å². The van der Waals surface area contributed by atoms with Crippen LogP contribution in [0.1, 0.15) is 0 Å². The largest absolute Gasteiger partial charge is 0.317 e. The van der Waals surface area contributed by atoms with Crippen molar-refractivity contribution in [3.05, 3.63) is 91.3 Å². The third kappa shape index (κ3) is 3.59. The molecule has 1 radical (unpaired) electrons. The fourth-order valence-electron chi connectivity index (χ4n) is 3.52. The maximum Gasteiger partial charge on any atom is 0.199 e. The first kappa shape index (κ1) is 18.9. The lowest BCUT2D eigenvalue weighted by molar-refractivity contribution is 1.06. The van der Waals surface area contributed by atoms with Crippen molar-refractivity contribution in [2.24, 2.45) is 0 Å². The lowest BCUT2D eigenvalue weighted by Crippen LogP contribution is -1.98. The molecule has 0 atom stereocenters. The van der Waals surface area contributed by atoms with Crippen LogP contribution in [0.3, 0.4) is 0 Å². The number of hydrogen-bond donors (Lipinski definition) is 1. The standard InChI is InChI=1S/C25H15N8/c1-3-8-16(9-4-1)20-21(17-10-5-2-6-11-17)30-22-18(28-20)12-13-19(29-22)23-31-25(33-32-23)24-26-14-7-15-27-24/h2-15H,(H,31,32,33). The van der Waals surface area contributed by atoms with Crippen LogP contribution in [0.25, 0.3) is 56.8 Å². The monoisotopic (exact) mass is 427 g/mol. The van der Waals surface area contributed by atoms with Gasteiger partial charge in [-0.2, -0.15) is 0 Å². The van der Waals surface area contributed by atoms with Gasteiger partial charge in [-0.3, -0.25) is 0 Å². The van der Waals surface area contributed by atoms with Crippen LogP contribution in [0.4, 0.5) is 0 Å². The number of nitrogens with one attached hydrogen (secondary N) is 1. The van der Waals surface area contributed by atoms with Gasteiger partial charge in [0.2, 0.25) is 0 Å². The van der Waals surface area contributed by atoms with Gasteiger partial charge in [0.05, 0.1) is 11.4 Å². The van der Waals surface area contributed by atoms with Crippen LogP contribution < -0.4 is 0 Å². The van der Waals surface area contributed by atoms with E-state index < -0.39 is 0 Å². The first-order valence-corrected chi connectivity index (χ1v) is 10.3. The van der Waals surface area contributed by atoms with Gasteiger partial charge in [0.15, 0.2) is 23.1 Å². The van der Waals surface area contributed by atoms with E-state index in [-0.39, 0.29) is 0 Å². The van der Waals surface area contributed by atoms with Gasteiger partial charge in [-0.15, -0.1) is 10.2 Å². The highest BCUT2D eigenvalue weighted by Gasteiger charge is 2.16. The zero-order valence-electron chi connectivity index (χ0n) is 17.2. The molecule has 155 valence electrons. The van der Waals surface area contributed by atoms with Crippen molar-refractivity contribution in [3.63, 3.8) is 0 Å². The van der Waals surface area contributed by atoms with E-state index in [9.17, 15) is 0 Å². The number of H-pyrrole nitrogens is 1. The van der Waals surface area contributed by atoms with Gasteiger partial charge < -0.3 is 4.98 Å². The molecule has 6 rings (SSSR count). The van der Waals surface area contributed by atoms with Crippen LogP contribution in [-0.4, -0.2) is 40.1 Å². The predicted molar refractivity (Wildman–Crippen MR) is 123 cm³/mol. The minimum atomic E-state index is 0.466. The molecule has 4 aromatic heterocycles. The van der Waals surface area contributed by atoms with E-state index in [1.54, 1.807) is 18.5 Å². The minimum absolute atomic E-state index is 0.466. The second-order valence-electron chi connectivity index (χ2n) is 7.21. The van der Waals surface area contributed by atoms with Crippen LogP contribution >= 0.6 is 0 Å². The van der Waals surface area contributed by atoms with Crippen LogP contribution in [0.15, 0.2) is 85.2 Å². The van der Waals surface area contributed by atoms with Gasteiger partial charge in [0.25, 0.3) is 0 Å². The summed E-state index contributed by atoms with van der Waals surface area (Å²) in [5, 5.41) is 8.37. The molecule has 8 heteroatoms. The van der Waals surface area contributed by atoms with Crippen molar-refractivity contribution in [2.75, 3.05) is 0 Å². The van der Waals surface area contributed by atoms with Crippen molar-refractivity contribution in [1.82, 2.24) is 40.1 Å². The average molecular weight is 427 g/mol. The normalized spacial score (nSPS) is 11.0. The molecule has 0 fully saturated rings. The summed E-state index contributed by atoms with van der Waals surface area (Å²) in [4.78, 5) is 26.1. The first-order chi connectivity index (χ1) is 16.3. The number of pyridine rings is 1. The highest BCUT2D eigenvalue weighted by atomic mass is 15.2. The number of nitrogens with zero attached hydrogens (tertiary/aromatic N) is 7. The molecule has 0 bridgehead atoms. The lowest BCUT2D eigenvalue weighted by Gasteiger charge is -2.10. The van der Waals surface area contributed by atoms with Crippen LogP contribution in [0, 0.1) is 6.07 Å². The zero-order chi connectivity index (χ0) is 22.0. The molecule has 0 aliphatic carbocycles. The molecule has 0 saturated carbocycles. The lowest BCUT2D eigenvalue weighted by atomic mass is 10.0. The quantitative estimate of drug-likeness (QED) is 0.444. The van der Waals surface area contributed by atoms with Gasteiger partial charge in [-0.05, 0) is 24.3 Å². The summed E-state index contributed by atoms with van der Waals surface area (Å²) in [6.07, 6.45) is 3.31. The summed E-state index contributed by atoms with van der Waals surface area (Å²) in [5.74, 6) is 1.44. The summed E-state index contributed by atoms with van der Waals surface area (Å²) < 4.78 is 0. The fraction of sp³-hybridized carbons (Fsp3) is 0. The van der Waals surface area contributed by atoms with Crippen LogP contribution in [0.2, 0.25) is 0 Å². The molecule has 2 aromatic carbocycles. The summed E-state index contributed by atoms with van der Waals surface area (Å²) in [5.41, 5.74) is 5.29. The summed E-state index contributed by atoms with van der Waals surface area (Å²) in [6.45, 7) is 0. The van der Waals surface area contributed by atoms with E-state index in [2.05, 4.69) is 31.2 Å². The van der Waals surface area contributed by atoms with E-state index in [0.717, 1.165) is 22.5 Å². The molecule has 0 aliphatic rings. The van der Waals surface area contributed by atoms with Crippen molar-refractivity contribution >= 4 is 11.2 Å². The predicted octanol–water partition coefficient (Wildman–Crippen LogP) is 4.40. The third-order valence-electron chi connectivity index (χ3n) is 5.07. The average Bonchev–Trinajstić information content (AvgIpc) is 3.40. The number of hydrogen-bond acceptors (Lipinski definition) is 7. The number of aromatic amines is 1. The second-order valence-corrected chi connectivity index (χ2v) is 7.21. The number of rotatable bonds is 4. The van der Waals surface area contributed by atoms with Crippen molar-refractivity contribution in [3.8, 4) is 45.7 Å². The van der Waals surface area contributed by atoms with Crippen molar-refractivity contribution in [2.45, 2.75) is 0 Å². The van der Waals surface area contributed by atoms with Crippen molar-refractivity contribution in [1.29, 1.82) is 0 Å². The van der Waals surface area contributed by atoms with E-state index in [0.29, 0.717) is 34.3 Å². The SMILES string of the molecule is [c]1ccc(-c2nc3ccc(-c4nnc(-c5ncccn5)[nH]4)nc3nc2-c2ccccc2)cc1. The Kier molecular flexibility index (Phi) is 4.58. The highest BCUT2D eigenvalue weighted by Crippen LogP contribution is 2.31. The van der Waals surface area contributed by atoms with Gasteiger partial charge >= 0.3 is 0 Å². The summed E-state index contributed by atoms with van der Waals surface area (Å²) in [7, 11) is 0. The molecule has 6 aromatic rings. The Morgan fingerprint density at radius 3 is 2.18 bits per heavy atom. The molecular weight excluding hydrogens is 412 g/mol. The van der Waals surface area contributed by atoms with Crippen LogP contribution in [0.5, 0.6) is 0 Å². The topological polar surface area (TPSA) is 106 Å². The maximum atomic E-state index is 4.90. The molecule has 0 spiro atoms. The van der Waals surface area contributed by atoms with E-state index in [4.69, 9.17) is 15.0 Å². The van der Waals surface area contributed by atoms with E-state index >= 15 is 0 Å². The molecule has 0 saturated heterocycles. The minimum Gasteiger partial charge on any atom is -0.317 e. The van der Waals surface area contributed by atoms with E-state index in [1.807, 2.05) is 66.7 Å². The Morgan fingerprint density at radius 2 is 1.36 bits per heavy atom. The Labute approximate surface area is 188 Å². The van der Waals surface area contributed by atoms with Crippen molar-refractivity contribution < 1.29 is 0 Å². The van der Waals surface area contributed by atoms with Gasteiger partial charge in [0, 0.05) is 23.5 Å². The zero-order valence-corrected chi connectivity index (χ0v) is 17.2. The number of benzene rings is 2. The first-order valence-electron chi connectivity index (χ1n) is 10.3. The van der Waals surface area contributed by atoms with Crippen LogP contribution in [-0.2, 0) is 0 Å². The third-order valence-corrected chi connectivity index (χ3v) is 5.07. The molecule has 8 nitrogen and oxygen atoms in total. The Morgan fingerprint density at radius 1 is 0.636 bits per heavy atom. The molecular formula is C25H15N8. The Bertz CT molecular complexity index is 1550. The second kappa shape index (κ2) is 8.01.